The average Bonchev–Trinajstić information content (AvgIpc) is 3.23. The Morgan fingerprint density at radius 3 is 2.58 bits per heavy atom. The summed E-state index contributed by atoms with van der Waals surface area (Å²) in [4.78, 5) is 3.19. The molecule has 0 saturated carbocycles. The fourth-order valence-electron chi connectivity index (χ4n) is 2.64. The van der Waals surface area contributed by atoms with Crippen LogP contribution in [0.15, 0.2) is 48.7 Å². The summed E-state index contributed by atoms with van der Waals surface area (Å²) in [5.74, 6) is 2.10. The maximum absolute atomic E-state index is 5.84. The molecule has 7 heteroatoms. The van der Waals surface area contributed by atoms with Crippen molar-refractivity contribution in [3.8, 4) is 17.1 Å². The van der Waals surface area contributed by atoms with E-state index in [0.29, 0.717) is 11.8 Å². The molecular weight excluding hydrogens is 328 g/mol. The van der Waals surface area contributed by atoms with E-state index in [1.54, 1.807) is 6.20 Å². The van der Waals surface area contributed by atoms with Crippen LogP contribution in [0.2, 0.25) is 0 Å². The number of nitrogens with zero attached hydrogens (tertiary/aromatic N) is 3. The zero-order valence-corrected chi connectivity index (χ0v) is 14.9. The first-order valence-electron chi connectivity index (χ1n) is 8.39. The number of nitrogens with one attached hydrogen (secondary N) is 3. The number of rotatable bonds is 4. The molecule has 2 aromatic carbocycles. The van der Waals surface area contributed by atoms with Crippen molar-refractivity contribution in [2.24, 2.45) is 0 Å². The van der Waals surface area contributed by atoms with Crippen molar-refractivity contribution in [3.05, 3.63) is 48.7 Å². The summed E-state index contributed by atoms with van der Waals surface area (Å²) in [6.07, 6.45) is 1.79. The molecule has 2 heterocycles. The maximum Gasteiger partial charge on any atom is 0.226 e. The van der Waals surface area contributed by atoms with Crippen LogP contribution in [0.25, 0.3) is 22.3 Å². The van der Waals surface area contributed by atoms with Crippen molar-refractivity contribution in [1.29, 1.82) is 0 Å². The largest absolute Gasteiger partial charge is 0.488 e. The Kier molecular flexibility index (Phi) is 3.84. The normalized spacial score (nSPS) is 11.7. The number of benzene rings is 2. The smallest absolute Gasteiger partial charge is 0.226 e. The molecule has 0 aliphatic rings. The van der Waals surface area contributed by atoms with E-state index in [4.69, 9.17) is 4.74 Å². The topological polar surface area (TPSA) is 91.5 Å². The summed E-state index contributed by atoms with van der Waals surface area (Å²) in [5.41, 5.74) is 2.62. The van der Waals surface area contributed by atoms with Crippen molar-refractivity contribution in [3.63, 3.8) is 0 Å². The maximum atomic E-state index is 5.84. The number of aromatic nitrogens is 5. The van der Waals surface area contributed by atoms with Crippen LogP contribution in [0.4, 0.5) is 11.6 Å². The molecule has 132 valence electrons. The standard InChI is InChI=1S/C19H20N6O/c1-19(2,3)26-15-7-4-12(5-8-15)17-22-18(25-24-17)21-14-6-9-16-13(10-14)11-20-23-16/h4-11H,1-3H3,(H,20,23)(H2,21,22,24,25). The number of H-pyrrole nitrogens is 2. The van der Waals surface area contributed by atoms with Gasteiger partial charge in [-0.15, -0.1) is 10.2 Å². The van der Waals surface area contributed by atoms with Gasteiger partial charge < -0.3 is 15.0 Å². The molecule has 26 heavy (non-hydrogen) atoms. The minimum atomic E-state index is -0.221. The van der Waals surface area contributed by atoms with E-state index in [1.165, 1.54) is 0 Å². The highest BCUT2D eigenvalue weighted by molar-refractivity contribution is 5.82. The van der Waals surface area contributed by atoms with Gasteiger partial charge in [0.2, 0.25) is 5.95 Å². The number of fused-ring (bicyclic) bond motifs is 1. The Hall–Kier alpha value is -3.35. The van der Waals surface area contributed by atoms with Gasteiger partial charge in [0.25, 0.3) is 0 Å². The molecule has 0 spiro atoms. The summed E-state index contributed by atoms with van der Waals surface area (Å²) in [7, 11) is 0. The zero-order valence-electron chi connectivity index (χ0n) is 14.9. The molecular formula is C19H20N6O. The van der Waals surface area contributed by atoms with Gasteiger partial charge in [0, 0.05) is 16.6 Å². The SMILES string of the molecule is CC(C)(C)Oc1ccc(-c2nnc(Nc3ccc4[nH]ncc4c3)[nH]2)cc1. The number of aromatic amines is 2. The second-order valence-corrected chi connectivity index (χ2v) is 7.06. The Morgan fingerprint density at radius 1 is 1.00 bits per heavy atom. The minimum Gasteiger partial charge on any atom is -0.488 e. The lowest BCUT2D eigenvalue weighted by Gasteiger charge is -2.21. The van der Waals surface area contributed by atoms with E-state index in [9.17, 15) is 0 Å². The van der Waals surface area contributed by atoms with Gasteiger partial charge >= 0.3 is 0 Å². The van der Waals surface area contributed by atoms with Crippen molar-refractivity contribution in [1.82, 2.24) is 25.4 Å². The molecule has 4 rings (SSSR count). The van der Waals surface area contributed by atoms with Crippen LogP contribution >= 0.6 is 0 Å². The summed E-state index contributed by atoms with van der Waals surface area (Å²) < 4.78 is 5.84. The Bertz CT molecular complexity index is 1030. The van der Waals surface area contributed by atoms with Crippen LogP contribution in [0.3, 0.4) is 0 Å². The first-order chi connectivity index (χ1) is 12.5. The third-order valence-electron chi connectivity index (χ3n) is 3.74. The monoisotopic (exact) mass is 348 g/mol. The number of anilines is 2. The fraction of sp³-hybridized carbons (Fsp3) is 0.211. The van der Waals surface area contributed by atoms with Crippen molar-refractivity contribution in [2.45, 2.75) is 26.4 Å². The van der Waals surface area contributed by atoms with Gasteiger partial charge in [0.15, 0.2) is 5.82 Å². The predicted octanol–water partition coefficient (Wildman–Crippen LogP) is 4.27. The Morgan fingerprint density at radius 2 is 1.81 bits per heavy atom. The van der Waals surface area contributed by atoms with Gasteiger partial charge in [-0.3, -0.25) is 5.10 Å². The van der Waals surface area contributed by atoms with Gasteiger partial charge in [-0.1, -0.05) is 0 Å². The third kappa shape index (κ3) is 3.51. The van der Waals surface area contributed by atoms with Crippen LogP contribution < -0.4 is 10.1 Å². The highest BCUT2D eigenvalue weighted by Gasteiger charge is 2.12. The molecule has 4 aromatic rings. The fourth-order valence-corrected chi connectivity index (χ4v) is 2.64. The van der Waals surface area contributed by atoms with Crippen LogP contribution in [0.1, 0.15) is 20.8 Å². The molecule has 7 nitrogen and oxygen atoms in total. The van der Waals surface area contributed by atoms with Crippen molar-refractivity contribution >= 4 is 22.5 Å². The van der Waals surface area contributed by atoms with Crippen LogP contribution in [-0.4, -0.2) is 31.0 Å². The average molecular weight is 348 g/mol. The van der Waals surface area contributed by atoms with Gasteiger partial charge in [-0.05, 0) is 63.2 Å². The summed E-state index contributed by atoms with van der Waals surface area (Å²) in [6, 6.07) is 13.7. The molecule has 0 aliphatic heterocycles. The molecule has 0 amide bonds. The van der Waals surface area contributed by atoms with E-state index in [0.717, 1.165) is 27.9 Å². The minimum absolute atomic E-state index is 0.221. The van der Waals surface area contributed by atoms with Crippen molar-refractivity contribution < 1.29 is 4.74 Å². The quantitative estimate of drug-likeness (QED) is 0.512. The molecule has 0 unspecified atom stereocenters. The summed E-state index contributed by atoms with van der Waals surface area (Å²) in [6.45, 7) is 6.07. The van der Waals surface area contributed by atoms with Crippen LogP contribution in [0, 0.1) is 0 Å². The number of ether oxygens (including phenoxy) is 1. The second kappa shape index (κ2) is 6.18. The molecule has 0 saturated heterocycles. The molecule has 2 aromatic heterocycles. The molecule has 0 aliphatic carbocycles. The lowest BCUT2D eigenvalue weighted by Crippen LogP contribution is -2.22. The van der Waals surface area contributed by atoms with Crippen LogP contribution in [0.5, 0.6) is 5.75 Å². The Balaban J connectivity index is 1.50. The lowest BCUT2D eigenvalue weighted by molar-refractivity contribution is 0.131. The molecule has 0 atom stereocenters. The first kappa shape index (κ1) is 16.1. The summed E-state index contributed by atoms with van der Waals surface area (Å²) >= 11 is 0. The highest BCUT2D eigenvalue weighted by atomic mass is 16.5. The molecule has 0 bridgehead atoms. The van der Waals surface area contributed by atoms with E-state index >= 15 is 0 Å². The van der Waals surface area contributed by atoms with Gasteiger partial charge in [-0.2, -0.15) is 5.10 Å². The molecule has 3 N–H and O–H groups in total. The van der Waals surface area contributed by atoms with E-state index < -0.39 is 0 Å². The van der Waals surface area contributed by atoms with E-state index in [1.807, 2.05) is 63.2 Å². The van der Waals surface area contributed by atoms with Gasteiger partial charge in [-0.25, -0.2) is 0 Å². The number of hydrogen-bond donors (Lipinski definition) is 3. The second-order valence-electron chi connectivity index (χ2n) is 7.06. The Labute approximate surface area is 150 Å². The number of hydrogen-bond acceptors (Lipinski definition) is 5. The summed E-state index contributed by atoms with van der Waals surface area (Å²) in [5, 5.41) is 19.6. The van der Waals surface area contributed by atoms with Crippen molar-refractivity contribution in [2.75, 3.05) is 5.32 Å². The highest BCUT2D eigenvalue weighted by Crippen LogP contribution is 2.24. The lowest BCUT2D eigenvalue weighted by atomic mass is 10.1. The van der Waals surface area contributed by atoms with E-state index in [2.05, 4.69) is 30.7 Å². The van der Waals surface area contributed by atoms with E-state index in [-0.39, 0.29) is 5.60 Å². The van der Waals surface area contributed by atoms with Gasteiger partial charge in [0.1, 0.15) is 11.4 Å². The molecule has 0 fully saturated rings. The third-order valence-corrected chi connectivity index (χ3v) is 3.74. The van der Waals surface area contributed by atoms with Crippen LogP contribution in [-0.2, 0) is 0 Å². The zero-order chi connectivity index (χ0) is 18.1. The predicted molar refractivity (Wildman–Crippen MR) is 102 cm³/mol. The molecule has 0 radical (unpaired) electrons. The van der Waals surface area contributed by atoms with Gasteiger partial charge in [0.05, 0.1) is 11.7 Å². The first-order valence-corrected chi connectivity index (χ1v) is 8.39.